The van der Waals surface area contributed by atoms with Gasteiger partial charge in [0.25, 0.3) is 5.91 Å². The Morgan fingerprint density at radius 1 is 1.10 bits per heavy atom. The van der Waals surface area contributed by atoms with Crippen LogP contribution < -0.4 is 10.1 Å². The highest BCUT2D eigenvalue weighted by Gasteiger charge is 2.24. The van der Waals surface area contributed by atoms with E-state index in [9.17, 15) is 9.59 Å². The van der Waals surface area contributed by atoms with Gasteiger partial charge in [-0.15, -0.1) is 11.3 Å². The minimum atomic E-state index is -0.862. The fourth-order valence-corrected chi connectivity index (χ4v) is 4.14. The van der Waals surface area contributed by atoms with Gasteiger partial charge < -0.3 is 14.8 Å². The van der Waals surface area contributed by atoms with Gasteiger partial charge in [-0.2, -0.15) is 0 Å². The molecule has 0 saturated heterocycles. The lowest BCUT2D eigenvalue weighted by Gasteiger charge is -2.16. The van der Waals surface area contributed by atoms with Crippen LogP contribution in [-0.4, -0.2) is 25.1 Å². The minimum Gasteiger partial charge on any atom is -0.479 e. The highest BCUT2D eigenvalue weighted by atomic mass is 35.5. The summed E-state index contributed by atoms with van der Waals surface area (Å²) in [5, 5.41) is 5.73. The van der Waals surface area contributed by atoms with E-state index in [4.69, 9.17) is 32.7 Å². The molecule has 0 aliphatic carbocycles. The molecule has 0 bridgehead atoms. The van der Waals surface area contributed by atoms with Gasteiger partial charge in [0.2, 0.25) is 0 Å². The van der Waals surface area contributed by atoms with Gasteiger partial charge in [-0.05, 0) is 37.6 Å². The van der Waals surface area contributed by atoms with Gasteiger partial charge >= 0.3 is 5.97 Å². The van der Waals surface area contributed by atoms with Crippen molar-refractivity contribution in [1.82, 2.24) is 0 Å². The van der Waals surface area contributed by atoms with Crippen molar-refractivity contribution in [2.45, 2.75) is 20.0 Å². The van der Waals surface area contributed by atoms with E-state index in [0.29, 0.717) is 31.9 Å². The average Bonchev–Trinajstić information content (AvgIpc) is 3.13. The van der Waals surface area contributed by atoms with Gasteiger partial charge in [-0.25, -0.2) is 4.79 Å². The molecule has 2 aromatic carbocycles. The van der Waals surface area contributed by atoms with E-state index in [1.807, 2.05) is 36.6 Å². The number of rotatable bonds is 6. The van der Waals surface area contributed by atoms with E-state index >= 15 is 0 Å². The second-order valence-electron chi connectivity index (χ2n) is 6.54. The Kier molecular flexibility index (Phi) is 7.02. The molecule has 0 spiro atoms. The van der Waals surface area contributed by atoms with Crippen LogP contribution in [0.25, 0.3) is 11.1 Å². The molecule has 0 saturated carbocycles. The van der Waals surface area contributed by atoms with Gasteiger partial charge in [0.05, 0.1) is 12.1 Å². The number of carbonyl (C=O) groups is 2. The molecule has 1 heterocycles. The number of aryl methyl sites for hydroxylation is 1. The van der Waals surface area contributed by atoms with E-state index < -0.39 is 18.0 Å². The summed E-state index contributed by atoms with van der Waals surface area (Å²) in [6.45, 7) is 3.57. The van der Waals surface area contributed by atoms with Crippen LogP contribution in [-0.2, 0) is 9.53 Å². The number of methoxy groups -OCH3 is 1. The molecule has 0 aliphatic rings. The van der Waals surface area contributed by atoms with E-state index in [2.05, 4.69) is 5.32 Å². The molecule has 156 valence electrons. The van der Waals surface area contributed by atoms with Crippen LogP contribution in [0.1, 0.15) is 22.8 Å². The SMILES string of the molecule is COC(=O)c1c(-c2ccc(C)cc2)csc1NC(=O)C(C)Oc1ccc(Cl)cc1Cl. The third kappa shape index (κ3) is 4.95. The first-order valence-corrected chi connectivity index (χ1v) is 10.6. The van der Waals surface area contributed by atoms with Crippen LogP contribution in [0, 0.1) is 6.92 Å². The van der Waals surface area contributed by atoms with Gasteiger partial charge in [0.15, 0.2) is 6.10 Å². The molecule has 1 N–H and O–H groups in total. The minimum absolute atomic E-state index is 0.301. The summed E-state index contributed by atoms with van der Waals surface area (Å²) in [7, 11) is 1.30. The zero-order valence-corrected chi connectivity index (χ0v) is 18.8. The Morgan fingerprint density at radius 2 is 1.80 bits per heavy atom. The highest BCUT2D eigenvalue weighted by molar-refractivity contribution is 7.15. The third-order valence-corrected chi connectivity index (χ3v) is 5.77. The van der Waals surface area contributed by atoms with Crippen molar-refractivity contribution in [3.8, 4) is 16.9 Å². The number of nitrogens with one attached hydrogen (secondary N) is 1. The third-order valence-electron chi connectivity index (χ3n) is 4.35. The van der Waals surface area contributed by atoms with Crippen LogP contribution in [0.15, 0.2) is 47.8 Å². The monoisotopic (exact) mass is 463 g/mol. The fourth-order valence-electron chi connectivity index (χ4n) is 2.73. The number of hydrogen-bond acceptors (Lipinski definition) is 5. The van der Waals surface area contributed by atoms with Crippen LogP contribution in [0.2, 0.25) is 10.0 Å². The molecule has 0 radical (unpaired) electrons. The van der Waals surface area contributed by atoms with Crippen LogP contribution in [0.5, 0.6) is 5.75 Å². The Balaban J connectivity index is 1.83. The summed E-state index contributed by atoms with van der Waals surface area (Å²) < 4.78 is 10.6. The standard InChI is InChI=1S/C22H19Cl2NO4S/c1-12-4-6-14(7-5-12)16-11-30-21(19(16)22(27)28-3)25-20(26)13(2)29-18-9-8-15(23)10-17(18)24/h4-11,13H,1-3H3,(H,25,26). The van der Waals surface area contributed by atoms with Crippen molar-refractivity contribution in [3.63, 3.8) is 0 Å². The number of ether oxygens (including phenoxy) is 2. The fraction of sp³-hybridized carbons (Fsp3) is 0.182. The second-order valence-corrected chi connectivity index (χ2v) is 8.26. The molecule has 1 aromatic heterocycles. The number of thiophene rings is 1. The van der Waals surface area contributed by atoms with Crippen molar-refractivity contribution >= 4 is 51.4 Å². The summed E-state index contributed by atoms with van der Waals surface area (Å²) in [5.41, 5.74) is 2.96. The number of benzene rings is 2. The quantitative estimate of drug-likeness (QED) is 0.440. The lowest BCUT2D eigenvalue weighted by atomic mass is 10.0. The largest absolute Gasteiger partial charge is 0.479 e. The maximum absolute atomic E-state index is 12.7. The van der Waals surface area contributed by atoms with Crippen molar-refractivity contribution in [3.05, 3.63) is 69.0 Å². The topological polar surface area (TPSA) is 64.6 Å². The van der Waals surface area contributed by atoms with Crippen molar-refractivity contribution in [2.75, 3.05) is 12.4 Å². The summed E-state index contributed by atoms with van der Waals surface area (Å²) in [6, 6.07) is 12.5. The average molecular weight is 464 g/mol. The lowest BCUT2D eigenvalue weighted by molar-refractivity contribution is -0.122. The first kappa shape index (κ1) is 22.2. The van der Waals surface area contributed by atoms with E-state index in [1.165, 1.54) is 24.5 Å². The molecule has 1 atom stereocenters. The molecule has 1 amide bonds. The number of amides is 1. The van der Waals surface area contributed by atoms with Crippen molar-refractivity contribution < 1.29 is 19.1 Å². The zero-order valence-electron chi connectivity index (χ0n) is 16.5. The molecule has 1 unspecified atom stereocenters. The molecular formula is C22H19Cl2NO4S. The Bertz CT molecular complexity index is 1080. The van der Waals surface area contributed by atoms with Crippen molar-refractivity contribution in [2.24, 2.45) is 0 Å². The van der Waals surface area contributed by atoms with E-state index in [0.717, 1.165) is 11.1 Å². The Morgan fingerprint density at radius 3 is 2.43 bits per heavy atom. The Hall–Kier alpha value is -2.54. The predicted octanol–water partition coefficient (Wildman–Crippen LogP) is 6.22. The first-order chi connectivity index (χ1) is 14.3. The van der Waals surface area contributed by atoms with E-state index in [-0.39, 0.29) is 0 Å². The molecule has 0 fully saturated rings. The number of carbonyl (C=O) groups excluding carboxylic acids is 2. The Labute approximate surface area is 188 Å². The molecular weight excluding hydrogens is 445 g/mol. The van der Waals surface area contributed by atoms with Gasteiger partial charge in [-0.3, -0.25) is 4.79 Å². The lowest BCUT2D eigenvalue weighted by Crippen LogP contribution is -2.30. The van der Waals surface area contributed by atoms with E-state index in [1.54, 1.807) is 19.1 Å². The summed E-state index contributed by atoms with van der Waals surface area (Å²) in [5.74, 6) is -0.622. The zero-order chi connectivity index (χ0) is 21.8. The second kappa shape index (κ2) is 9.51. The predicted molar refractivity (Wildman–Crippen MR) is 121 cm³/mol. The van der Waals surface area contributed by atoms with Crippen LogP contribution in [0.4, 0.5) is 5.00 Å². The maximum atomic E-state index is 12.7. The van der Waals surface area contributed by atoms with Crippen LogP contribution >= 0.6 is 34.5 Å². The number of esters is 1. The smallest absolute Gasteiger partial charge is 0.341 e. The normalized spacial score (nSPS) is 11.6. The molecule has 3 aromatic rings. The van der Waals surface area contributed by atoms with Gasteiger partial charge in [-0.1, -0.05) is 53.0 Å². The number of anilines is 1. The summed E-state index contributed by atoms with van der Waals surface area (Å²) >= 11 is 13.2. The molecule has 30 heavy (non-hydrogen) atoms. The van der Waals surface area contributed by atoms with Crippen molar-refractivity contribution in [1.29, 1.82) is 0 Å². The molecule has 0 aliphatic heterocycles. The van der Waals surface area contributed by atoms with Gasteiger partial charge in [0.1, 0.15) is 16.3 Å². The molecule has 3 rings (SSSR count). The molecule has 5 nitrogen and oxygen atoms in total. The maximum Gasteiger partial charge on any atom is 0.341 e. The van der Waals surface area contributed by atoms with Crippen LogP contribution in [0.3, 0.4) is 0 Å². The summed E-state index contributed by atoms with van der Waals surface area (Å²) in [6.07, 6.45) is -0.862. The highest BCUT2D eigenvalue weighted by Crippen LogP contribution is 2.36. The number of halogens is 2. The molecule has 8 heteroatoms. The number of hydrogen-bond donors (Lipinski definition) is 1. The van der Waals surface area contributed by atoms with Gasteiger partial charge in [0, 0.05) is 16.0 Å². The first-order valence-electron chi connectivity index (χ1n) is 8.99. The summed E-state index contributed by atoms with van der Waals surface area (Å²) in [4.78, 5) is 25.1.